The van der Waals surface area contributed by atoms with Crippen molar-refractivity contribution in [2.24, 2.45) is 5.10 Å². The molecule has 162 valence electrons. The van der Waals surface area contributed by atoms with Gasteiger partial charge in [0.25, 0.3) is 11.6 Å². The largest absolute Gasteiger partial charge is 0.484 e. The van der Waals surface area contributed by atoms with Crippen LogP contribution in [-0.2, 0) is 4.79 Å². The van der Waals surface area contributed by atoms with Gasteiger partial charge >= 0.3 is 5.97 Å². The molecule has 0 heterocycles. The van der Waals surface area contributed by atoms with Gasteiger partial charge in [-0.15, -0.1) is 0 Å². The smallest absolute Gasteiger partial charge is 0.343 e. The first-order chi connectivity index (χ1) is 15.4. The van der Waals surface area contributed by atoms with Gasteiger partial charge in [-0.2, -0.15) is 5.10 Å². The maximum absolute atomic E-state index is 12.3. The average Bonchev–Trinajstić information content (AvgIpc) is 2.79. The van der Waals surface area contributed by atoms with E-state index in [2.05, 4.69) is 26.5 Å². The minimum Gasteiger partial charge on any atom is -0.484 e. The monoisotopic (exact) mass is 497 g/mol. The number of nitro benzene ring substituents is 1. The van der Waals surface area contributed by atoms with E-state index in [9.17, 15) is 19.7 Å². The normalized spacial score (nSPS) is 10.5. The topological polar surface area (TPSA) is 120 Å². The number of hydrogen-bond acceptors (Lipinski definition) is 7. The van der Waals surface area contributed by atoms with Gasteiger partial charge in [-0.1, -0.05) is 34.1 Å². The van der Waals surface area contributed by atoms with Crippen molar-refractivity contribution in [2.75, 3.05) is 6.61 Å². The average molecular weight is 498 g/mol. The lowest BCUT2D eigenvalue weighted by Crippen LogP contribution is -2.24. The Morgan fingerprint density at radius 3 is 2.53 bits per heavy atom. The Kier molecular flexibility index (Phi) is 7.65. The quantitative estimate of drug-likeness (QED) is 0.164. The molecular weight excluding hydrogens is 482 g/mol. The van der Waals surface area contributed by atoms with Crippen LogP contribution < -0.4 is 14.9 Å². The highest BCUT2D eigenvalue weighted by Gasteiger charge is 2.13. The minimum absolute atomic E-state index is 0.131. The standard InChI is InChI=1S/C22H16BrN3O6/c23-17-5-3-6-19(12-17)31-14-21(27)25-24-13-16-4-1-2-7-20(16)32-22(28)15-8-10-18(11-9-15)26(29)30/h1-13H,14H2,(H,25,27)/b24-13-. The summed E-state index contributed by atoms with van der Waals surface area (Å²) in [6.45, 7) is -0.232. The SMILES string of the molecule is O=C(COc1cccc(Br)c1)N/N=C\c1ccccc1OC(=O)c1ccc([N+](=O)[O-])cc1. The predicted octanol–water partition coefficient (Wildman–Crippen LogP) is 4.11. The highest BCUT2D eigenvalue weighted by atomic mass is 79.9. The minimum atomic E-state index is -0.688. The first-order valence-electron chi connectivity index (χ1n) is 9.18. The zero-order valence-corrected chi connectivity index (χ0v) is 18.0. The number of rotatable bonds is 8. The third-order valence-corrected chi connectivity index (χ3v) is 4.49. The van der Waals surface area contributed by atoms with Crippen molar-refractivity contribution in [3.8, 4) is 11.5 Å². The van der Waals surface area contributed by atoms with E-state index >= 15 is 0 Å². The van der Waals surface area contributed by atoms with Gasteiger partial charge in [-0.05, 0) is 42.5 Å². The number of nitrogens with one attached hydrogen (secondary N) is 1. The first kappa shape index (κ1) is 22.6. The molecule has 1 amide bonds. The lowest BCUT2D eigenvalue weighted by molar-refractivity contribution is -0.384. The number of hydrogen-bond donors (Lipinski definition) is 1. The number of hydrazone groups is 1. The fourth-order valence-corrected chi connectivity index (χ4v) is 2.85. The molecular formula is C22H16BrN3O6. The highest BCUT2D eigenvalue weighted by Crippen LogP contribution is 2.19. The molecule has 9 nitrogen and oxygen atoms in total. The molecule has 0 saturated carbocycles. The van der Waals surface area contributed by atoms with Gasteiger partial charge in [0, 0.05) is 22.2 Å². The summed E-state index contributed by atoms with van der Waals surface area (Å²) in [6.07, 6.45) is 1.33. The van der Waals surface area contributed by atoms with Gasteiger partial charge in [0.15, 0.2) is 6.61 Å². The van der Waals surface area contributed by atoms with Crippen LogP contribution in [0.25, 0.3) is 0 Å². The summed E-state index contributed by atoms with van der Waals surface area (Å²) in [5.74, 6) is -0.421. The number of ether oxygens (including phenoxy) is 2. The van der Waals surface area contributed by atoms with E-state index in [1.165, 1.54) is 30.5 Å². The van der Waals surface area contributed by atoms with Gasteiger partial charge in [0.05, 0.1) is 16.7 Å². The first-order valence-corrected chi connectivity index (χ1v) is 9.97. The van der Waals surface area contributed by atoms with Crippen molar-refractivity contribution in [2.45, 2.75) is 0 Å². The molecule has 32 heavy (non-hydrogen) atoms. The molecule has 3 aromatic carbocycles. The van der Waals surface area contributed by atoms with E-state index < -0.39 is 16.8 Å². The Bertz CT molecular complexity index is 1160. The van der Waals surface area contributed by atoms with Crippen LogP contribution in [0.15, 0.2) is 82.4 Å². The number of non-ortho nitro benzene ring substituents is 1. The number of carbonyl (C=O) groups is 2. The Balaban J connectivity index is 1.58. The van der Waals surface area contributed by atoms with Crippen LogP contribution >= 0.6 is 15.9 Å². The number of nitrogens with zero attached hydrogens (tertiary/aromatic N) is 2. The summed E-state index contributed by atoms with van der Waals surface area (Å²) in [4.78, 5) is 34.4. The van der Waals surface area contributed by atoms with Crippen LogP contribution in [0.4, 0.5) is 5.69 Å². The lowest BCUT2D eigenvalue weighted by atomic mass is 10.2. The van der Waals surface area contributed by atoms with Crippen molar-refractivity contribution in [3.05, 3.63) is 98.5 Å². The second-order valence-electron chi connectivity index (χ2n) is 6.27. The van der Waals surface area contributed by atoms with E-state index in [0.29, 0.717) is 11.3 Å². The van der Waals surface area contributed by atoms with Crippen LogP contribution in [-0.4, -0.2) is 29.6 Å². The summed E-state index contributed by atoms with van der Waals surface area (Å²) in [5, 5.41) is 14.6. The second-order valence-corrected chi connectivity index (χ2v) is 7.19. The van der Waals surface area contributed by atoms with Crippen molar-refractivity contribution in [1.82, 2.24) is 5.43 Å². The zero-order valence-electron chi connectivity index (χ0n) is 16.4. The summed E-state index contributed by atoms with van der Waals surface area (Å²) in [5.41, 5.74) is 2.80. The van der Waals surface area contributed by atoms with Crippen LogP contribution in [0.1, 0.15) is 15.9 Å². The fourth-order valence-electron chi connectivity index (χ4n) is 2.47. The molecule has 0 aliphatic heterocycles. The van der Waals surface area contributed by atoms with Gasteiger partial charge in [-0.3, -0.25) is 14.9 Å². The molecule has 0 unspecified atom stereocenters. The Morgan fingerprint density at radius 2 is 1.81 bits per heavy atom. The van der Waals surface area contributed by atoms with Crippen molar-refractivity contribution in [1.29, 1.82) is 0 Å². The van der Waals surface area contributed by atoms with Crippen molar-refractivity contribution >= 4 is 39.7 Å². The number of amides is 1. The summed E-state index contributed by atoms with van der Waals surface area (Å²) in [6, 6.07) is 18.7. The second kappa shape index (κ2) is 10.8. The Morgan fingerprint density at radius 1 is 1.06 bits per heavy atom. The maximum atomic E-state index is 12.3. The Hall–Kier alpha value is -4.05. The van der Waals surface area contributed by atoms with Gasteiger partial charge in [0.1, 0.15) is 11.5 Å². The van der Waals surface area contributed by atoms with E-state index in [-0.39, 0.29) is 23.6 Å². The number of carbonyl (C=O) groups excluding carboxylic acids is 2. The number of benzene rings is 3. The van der Waals surface area contributed by atoms with E-state index in [4.69, 9.17) is 9.47 Å². The van der Waals surface area contributed by atoms with E-state index in [0.717, 1.165) is 4.47 Å². The number of nitro groups is 1. The molecule has 0 aliphatic rings. The molecule has 1 N–H and O–H groups in total. The summed E-state index contributed by atoms with van der Waals surface area (Å²) < 4.78 is 11.6. The van der Waals surface area contributed by atoms with Crippen molar-refractivity contribution in [3.63, 3.8) is 0 Å². The molecule has 0 radical (unpaired) electrons. The number of esters is 1. The summed E-state index contributed by atoms with van der Waals surface area (Å²) in [7, 11) is 0. The lowest BCUT2D eigenvalue weighted by Gasteiger charge is -2.07. The van der Waals surface area contributed by atoms with E-state index in [1.807, 2.05) is 6.07 Å². The van der Waals surface area contributed by atoms with Gasteiger partial charge in [-0.25, -0.2) is 10.2 Å². The van der Waals surface area contributed by atoms with E-state index in [1.54, 1.807) is 42.5 Å². The number of para-hydroxylation sites is 1. The molecule has 0 bridgehead atoms. The number of halogens is 1. The third kappa shape index (κ3) is 6.47. The molecule has 0 fully saturated rings. The predicted molar refractivity (Wildman–Crippen MR) is 120 cm³/mol. The molecule has 10 heteroatoms. The molecule has 3 rings (SSSR count). The zero-order chi connectivity index (χ0) is 22.9. The molecule has 0 aromatic heterocycles. The molecule has 0 spiro atoms. The van der Waals surface area contributed by atoms with Crippen molar-refractivity contribution < 1.29 is 24.0 Å². The van der Waals surface area contributed by atoms with Crippen LogP contribution in [0, 0.1) is 10.1 Å². The van der Waals surface area contributed by atoms with Gasteiger partial charge < -0.3 is 9.47 Å². The molecule has 0 aliphatic carbocycles. The van der Waals surface area contributed by atoms with Crippen LogP contribution in [0.2, 0.25) is 0 Å². The fraction of sp³-hybridized carbons (Fsp3) is 0.0455. The van der Waals surface area contributed by atoms with Gasteiger partial charge in [0.2, 0.25) is 0 Å². The van der Waals surface area contributed by atoms with Crippen LogP contribution in [0.5, 0.6) is 11.5 Å². The highest BCUT2D eigenvalue weighted by molar-refractivity contribution is 9.10. The third-order valence-electron chi connectivity index (χ3n) is 3.99. The summed E-state index contributed by atoms with van der Waals surface area (Å²) >= 11 is 3.32. The molecule has 0 saturated heterocycles. The van der Waals surface area contributed by atoms with Crippen LogP contribution in [0.3, 0.4) is 0 Å². The Labute approximate surface area is 190 Å². The molecule has 3 aromatic rings. The molecule has 0 atom stereocenters. The maximum Gasteiger partial charge on any atom is 0.343 e.